The van der Waals surface area contributed by atoms with E-state index in [4.69, 9.17) is 0 Å². The third-order valence-corrected chi connectivity index (χ3v) is 2.68. The Labute approximate surface area is 91.5 Å². The van der Waals surface area contributed by atoms with Crippen LogP contribution in [0.2, 0.25) is 0 Å². The molecule has 0 saturated heterocycles. The van der Waals surface area contributed by atoms with Crippen molar-refractivity contribution in [2.24, 2.45) is 7.05 Å². The standard InChI is InChI=1S/C10H14N4O2/c1-3-4-5-14-7-6-11-12-8(7)9(15)13(2)10(14)16/h6H,3-5H2,1-2H3,(H,11,12). The van der Waals surface area contributed by atoms with E-state index >= 15 is 0 Å². The van der Waals surface area contributed by atoms with Gasteiger partial charge in [-0.25, -0.2) is 4.79 Å². The molecule has 0 spiro atoms. The van der Waals surface area contributed by atoms with Crippen molar-refractivity contribution in [3.05, 3.63) is 27.0 Å². The van der Waals surface area contributed by atoms with Crippen LogP contribution in [0.5, 0.6) is 0 Å². The van der Waals surface area contributed by atoms with E-state index in [0.29, 0.717) is 17.6 Å². The summed E-state index contributed by atoms with van der Waals surface area (Å²) >= 11 is 0. The first-order chi connectivity index (χ1) is 7.66. The van der Waals surface area contributed by atoms with E-state index in [2.05, 4.69) is 17.1 Å². The Bertz CT molecular complexity index is 620. The predicted molar refractivity (Wildman–Crippen MR) is 60.5 cm³/mol. The number of fused-ring (bicyclic) bond motifs is 1. The molecule has 6 nitrogen and oxygen atoms in total. The lowest BCUT2D eigenvalue weighted by Crippen LogP contribution is -2.38. The first-order valence-electron chi connectivity index (χ1n) is 5.29. The zero-order chi connectivity index (χ0) is 11.7. The van der Waals surface area contributed by atoms with Gasteiger partial charge in [-0.15, -0.1) is 0 Å². The van der Waals surface area contributed by atoms with E-state index in [1.165, 1.54) is 13.2 Å². The normalized spacial score (nSPS) is 11.1. The molecule has 2 rings (SSSR count). The molecule has 0 atom stereocenters. The van der Waals surface area contributed by atoms with Gasteiger partial charge in [-0.05, 0) is 6.42 Å². The predicted octanol–water partition coefficient (Wildman–Crippen LogP) is 0.223. The van der Waals surface area contributed by atoms with E-state index in [0.717, 1.165) is 17.4 Å². The van der Waals surface area contributed by atoms with Crippen LogP contribution in [0.4, 0.5) is 0 Å². The lowest BCUT2D eigenvalue weighted by atomic mass is 10.3. The van der Waals surface area contributed by atoms with Crippen LogP contribution in [0, 0.1) is 0 Å². The number of unbranched alkanes of at least 4 members (excludes halogenated alkanes) is 1. The molecule has 0 aliphatic heterocycles. The van der Waals surface area contributed by atoms with Gasteiger partial charge in [0.1, 0.15) is 5.52 Å². The maximum atomic E-state index is 11.9. The second-order valence-corrected chi connectivity index (χ2v) is 3.78. The van der Waals surface area contributed by atoms with Crippen LogP contribution in [0.3, 0.4) is 0 Å². The summed E-state index contributed by atoms with van der Waals surface area (Å²) in [7, 11) is 1.48. The second kappa shape index (κ2) is 3.96. The highest BCUT2D eigenvalue weighted by molar-refractivity contribution is 5.72. The van der Waals surface area contributed by atoms with Gasteiger partial charge in [-0.1, -0.05) is 13.3 Å². The SMILES string of the molecule is CCCCn1c(=O)n(C)c(=O)c2[nH]ncc21. The smallest absolute Gasteiger partial charge is 0.290 e. The van der Waals surface area contributed by atoms with Crippen molar-refractivity contribution in [1.82, 2.24) is 19.3 Å². The molecule has 0 aromatic carbocycles. The fourth-order valence-corrected chi connectivity index (χ4v) is 1.71. The van der Waals surface area contributed by atoms with Crippen molar-refractivity contribution in [2.75, 3.05) is 0 Å². The number of aromatic nitrogens is 4. The van der Waals surface area contributed by atoms with Gasteiger partial charge in [0.25, 0.3) is 5.56 Å². The van der Waals surface area contributed by atoms with Crippen LogP contribution in [0.15, 0.2) is 15.8 Å². The van der Waals surface area contributed by atoms with Crippen molar-refractivity contribution in [3.8, 4) is 0 Å². The summed E-state index contributed by atoms with van der Waals surface area (Å²) < 4.78 is 2.69. The summed E-state index contributed by atoms with van der Waals surface area (Å²) in [5, 5.41) is 6.44. The first kappa shape index (κ1) is 10.7. The zero-order valence-corrected chi connectivity index (χ0v) is 9.36. The fourth-order valence-electron chi connectivity index (χ4n) is 1.71. The number of aryl methyl sites for hydroxylation is 1. The molecular weight excluding hydrogens is 208 g/mol. The Morgan fingerprint density at radius 1 is 1.44 bits per heavy atom. The third-order valence-electron chi connectivity index (χ3n) is 2.68. The molecule has 0 aliphatic carbocycles. The van der Waals surface area contributed by atoms with E-state index in [-0.39, 0.29) is 11.2 Å². The lowest BCUT2D eigenvalue weighted by Gasteiger charge is -2.07. The highest BCUT2D eigenvalue weighted by atomic mass is 16.2. The molecule has 2 aromatic heterocycles. The summed E-state index contributed by atoms with van der Waals surface area (Å²) in [4.78, 5) is 23.6. The van der Waals surface area contributed by atoms with E-state index in [9.17, 15) is 9.59 Å². The van der Waals surface area contributed by atoms with Crippen molar-refractivity contribution in [2.45, 2.75) is 26.3 Å². The summed E-state index contributed by atoms with van der Waals surface area (Å²) in [6, 6.07) is 0. The minimum Gasteiger partial charge on any atom is -0.290 e. The van der Waals surface area contributed by atoms with Gasteiger partial charge in [-0.2, -0.15) is 5.10 Å². The van der Waals surface area contributed by atoms with E-state index < -0.39 is 0 Å². The number of hydrogen-bond acceptors (Lipinski definition) is 3. The number of hydrogen-bond donors (Lipinski definition) is 1. The van der Waals surface area contributed by atoms with Crippen LogP contribution in [-0.2, 0) is 13.6 Å². The van der Waals surface area contributed by atoms with E-state index in [1.54, 1.807) is 4.57 Å². The van der Waals surface area contributed by atoms with Crippen molar-refractivity contribution in [1.29, 1.82) is 0 Å². The molecule has 2 aromatic rings. The average molecular weight is 222 g/mol. The molecule has 0 fully saturated rings. The first-order valence-corrected chi connectivity index (χ1v) is 5.29. The average Bonchev–Trinajstić information content (AvgIpc) is 2.75. The van der Waals surface area contributed by atoms with Gasteiger partial charge in [0.15, 0.2) is 0 Å². The van der Waals surface area contributed by atoms with Gasteiger partial charge >= 0.3 is 5.69 Å². The minimum absolute atomic E-state index is 0.285. The number of rotatable bonds is 3. The number of H-pyrrole nitrogens is 1. The van der Waals surface area contributed by atoms with Gasteiger partial charge in [-0.3, -0.25) is 19.0 Å². The highest BCUT2D eigenvalue weighted by Gasteiger charge is 2.11. The topological polar surface area (TPSA) is 72.7 Å². The van der Waals surface area contributed by atoms with Gasteiger partial charge in [0.2, 0.25) is 0 Å². The molecule has 6 heteroatoms. The van der Waals surface area contributed by atoms with Crippen molar-refractivity contribution >= 4 is 11.0 Å². The number of aromatic amines is 1. The maximum Gasteiger partial charge on any atom is 0.331 e. The minimum atomic E-state index is -0.328. The van der Waals surface area contributed by atoms with Crippen molar-refractivity contribution in [3.63, 3.8) is 0 Å². The van der Waals surface area contributed by atoms with Crippen LogP contribution in [-0.4, -0.2) is 19.3 Å². The van der Waals surface area contributed by atoms with Gasteiger partial charge < -0.3 is 0 Å². The highest BCUT2D eigenvalue weighted by Crippen LogP contribution is 2.04. The third kappa shape index (κ3) is 1.46. The second-order valence-electron chi connectivity index (χ2n) is 3.78. The monoisotopic (exact) mass is 222 g/mol. The Kier molecular flexibility index (Phi) is 2.64. The van der Waals surface area contributed by atoms with Crippen molar-refractivity contribution < 1.29 is 0 Å². The molecule has 0 saturated carbocycles. The Balaban J connectivity index is 2.76. The molecule has 2 heterocycles. The summed E-state index contributed by atoms with van der Waals surface area (Å²) in [6.07, 6.45) is 3.42. The van der Waals surface area contributed by atoms with Crippen LogP contribution in [0.25, 0.3) is 11.0 Å². The van der Waals surface area contributed by atoms with E-state index in [1.807, 2.05) is 0 Å². The molecule has 16 heavy (non-hydrogen) atoms. The number of nitrogens with zero attached hydrogens (tertiary/aromatic N) is 3. The summed E-state index contributed by atoms with van der Waals surface area (Å²) in [6.45, 7) is 2.67. The Hall–Kier alpha value is -1.85. The molecule has 86 valence electrons. The number of nitrogens with one attached hydrogen (secondary N) is 1. The Morgan fingerprint density at radius 3 is 2.88 bits per heavy atom. The largest absolute Gasteiger partial charge is 0.331 e. The fraction of sp³-hybridized carbons (Fsp3) is 0.500. The van der Waals surface area contributed by atoms with Crippen LogP contribution < -0.4 is 11.2 Å². The van der Waals surface area contributed by atoms with Crippen LogP contribution in [0.1, 0.15) is 19.8 Å². The Morgan fingerprint density at radius 2 is 2.19 bits per heavy atom. The summed E-state index contributed by atoms with van der Waals surface area (Å²) in [5.74, 6) is 0. The molecule has 0 aliphatic rings. The molecule has 0 unspecified atom stereocenters. The van der Waals surface area contributed by atoms with Gasteiger partial charge in [0.05, 0.1) is 11.7 Å². The quantitative estimate of drug-likeness (QED) is 0.807. The molecule has 0 amide bonds. The van der Waals surface area contributed by atoms with Gasteiger partial charge in [0, 0.05) is 13.6 Å². The zero-order valence-electron chi connectivity index (χ0n) is 9.36. The molecule has 1 N–H and O–H groups in total. The molecular formula is C10H14N4O2. The summed E-state index contributed by atoms with van der Waals surface area (Å²) in [5.41, 5.74) is 0.359. The maximum absolute atomic E-state index is 11.9. The molecule has 0 bridgehead atoms. The molecule has 0 radical (unpaired) electrons. The lowest BCUT2D eigenvalue weighted by molar-refractivity contribution is 0.588. The van der Waals surface area contributed by atoms with Crippen LogP contribution >= 0.6 is 0 Å².